The number of hydrogen-bond donors (Lipinski definition) is 1. The number of carbonyl (C=O) groups excluding carboxylic acids is 2. The summed E-state index contributed by atoms with van der Waals surface area (Å²) in [7, 11) is 5.97. The molecule has 0 saturated carbocycles. The van der Waals surface area contributed by atoms with E-state index in [-0.39, 0.29) is 32.2 Å². The van der Waals surface area contributed by atoms with E-state index in [9.17, 15) is 19.5 Å². The van der Waals surface area contributed by atoms with Crippen LogP contribution in [0.2, 0.25) is 0 Å². The van der Waals surface area contributed by atoms with Crippen LogP contribution in [0.25, 0.3) is 0 Å². The lowest BCUT2D eigenvalue weighted by Gasteiger charge is -2.25. The molecule has 0 fully saturated rings. The Kier molecular flexibility index (Phi) is 68.1. The van der Waals surface area contributed by atoms with Crippen molar-refractivity contribution in [2.45, 2.75) is 334 Å². The summed E-state index contributed by atoms with van der Waals surface area (Å²) in [4.78, 5) is 37.7. The lowest BCUT2D eigenvalue weighted by atomic mass is 10.0. The predicted octanol–water partition coefficient (Wildman–Crippen LogP) is 23.9. The normalized spacial score (nSPS) is 13.4. The Labute approximate surface area is 561 Å². The number of likely N-dealkylation sites (N-methyl/N-ethyl adjacent to an activating group) is 1. The van der Waals surface area contributed by atoms with Gasteiger partial charge in [-0.15, -0.1) is 0 Å². The summed E-state index contributed by atoms with van der Waals surface area (Å²) in [6.45, 7) is 4.78. The van der Waals surface area contributed by atoms with Gasteiger partial charge in [-0.25, -0.2) is 4.79 Å². The molecule has 2 unspecified atom stereocenters. The first kappa shape index (κ1) is 86.7. The number of allylic oxidation sites excluding steroid dienone is 20. The van der Waals surface area contributed by atoms with Crippen molar-refractivity contribution < 1.29 is 42.9 Å². The molecule has 0 aromatic carbocycles. The third-order valence-electron chi connectivity index (χ3n) is 16.2. The van der Waals surface area contributed by atoms with Gasteiger partial charge in [0.2, 0.25) is 0 Å². The van der Waals surface area contributed by atoms with Gasteiger partial charge in [0.05, 0.1) is 34.4 Å². The molecule has 0 amide bonds. The number of aliphatic carboxylic acids is 1. The Bertz CT molecular complexity index is 1910. The maximum Gasteiger partial charge on any atom is 0.361 e. The molecular weight excluding hydrogens is 1130 g/mol. The first-order chi connectivity index (χ1) is 44.6. The van der Waals surface area contributed by atoms with E-state index in [1.54, 1.807) is 0 Å². The molecule has 91 heavy (non-hydrogen) atoms. The van der Waals surface area contributed by atoms with Gasteiger partial charge in [0.15, 0.2) is 6.10 Å². The number of hydrogen-bond acceptors (Lipinski definition) is 7. The number of esters is 2. The standard InChI is InChI=1S/C82H141NO8/c1-6-8-10-12-14-16-18-20-22-24-26-28-30-32-34-36-38-39-40-41-43-45-47-49-51-53-55-57-59-61-63-65-67-69-71-73-80(85)91-78(77-90-82(81(86)87)88-75-74-83(3,4)5)76-89-79(84)72-70-68-66-64-62-60-58-56-54-52-50-48-46-44-42-37-35-33-31-29-27-25-23-21-19-17-15-13-11-9-7-2/h8,10,14,16,20,22,25-28,32,34,38-39,41,43,47,49,53,55,78,82H,6-7,9,11-13,15,17-19,21,23-24,29-31,33,35-37,40,42,44-46,48,50-52,54,56-77H2,1-5H3/p+1/b10-8-,16-14-,22-20-,27-25-,28-26-,34-32-,39-38-,43-41-,49-47-,55-53-. The molecule has 0 aliphatic rings. The third-order valence-corrected chi connectivity index (χ3v) is 16.2. The lowest BCUT2D eigenvalue weighted by molar-refractivity contribution is -0.870. The van der Waals surface area contributed by atoms with Crippen LogP contribution in [0.4, 0.5) is 0 Å². The average Bonchev–Trinajstić information content (AvgIpc) is 3.46. The van der Waals surface area contributed by atoms with Gasteiger partial charge in [-0.05, 0) is 109 Å². The van der Waals surface area contributed by atoms with Crippen molar-refractivity contribution in [1.29, 1.82) is 0 Å². The topological polar surface area (TPSA) is 108 Å². The first-order valence-electron chi connectivity index (χ1n) is 37.7. The molecule has 522 valence electrons. The highest BCUT2D eigenvalue weighted by Crippen LogP contribution is 2.18. The van der Waals surface area contributed by atoms with Gasteiger partial charge >= 0.3 is 17.9 Å². The van der Waals surface area contributed by atoms with Crippen molar-refractivity contribution >= 4 is 17.9 Å². The van der Waals surface area contributed by atoms with Crippen molar-refractivity contribution in [2.24, 2.45) is 0 Å². The maximum absolute atomic E-state index is 13.0. The van der Waals surface area contributed by atoms with Gasteiger partial charge in [-0.2, -0.15) is 0 Å². The van der Waals surface area contributed by atoms with Gasteiger partial charge in [-0.1, -0.05) is 322 Å². The van der Waals surface area contributed by atoms with E-state index < -0.39 is 24.3 Å². The van der Waals surface area contributed by atoms with Crippen molar-refractivity contribution in [3.8, 4) is 0 Å². The number of carboxylic acids is 1. The van der Waals surface area contributed by atoms with Gasteiger partial charge in [0.25, 0.3) is 6.29 Å². The summed E-state index contributed by atoms with van der Waals surface area (Å²) in [6, 6.07) is 0. The molecule has 0 heterocycles. The molecule has 1 N–H and O–H groups in total. The number of ether oxygens (including phenoxy) is 4. The van der Waals surface area contributed by atoms with E-state index in [1.165, 1.54) is 186 Å². The van der Waals surface area contributed by atoms with Gasteiger partial charge in [-0.3, -0.25) is 9.59 Å². The van der Waals surface area contributed by atoms with Crippen LogP contribution in [0.15, 0.2) is 122 Å². The monoisotopic (exact) mass is 1270 g/mol. The van der Waals surface area contributed by atoms with Crippen molar-refractivity contribution in [3.05, 3.63) is 122 Å². The van der Waals surface area contributed by atoms with E-state index in [1.807, 2.05) is 21.1 Å². The van der Waals surface area contributed by atoms with Crippen LogP contribution < -0.4 is 0 Å². The molecule has 0 rings (SSSR count). The smallest absolute Gasteiger partial charge is 0.361 e. The summed E-state index contributed by atoms with van der Waals surface area (Å²) in [5.41, 5.74) is 0. The molecule has 0 aromatic rings. The van der Waals surface area contributed by atoms with Gasteiger partial charge in [0.1, 0.15) is 13.2 Å². The zero-order valence-electron chi connectivity index (χ0n) is 59.7. The summed E-state index contributed by atoms with van der Waals surface area (Å²) < 4.78 is 23.0. The highest BCUT2D eigenvalue weighted by Gasteiger charge is 2.25. The minimum Gasteiger partial charge on any atom is -0.477 e. The second-order valence-electron chi connectivity index (χ2n) is 26.2. The minimum absolute atomic E-state index is 0.181. The Morgan fingerprint density at radius 3 is 0.945 bits per heavy atom. The third kappa shape index (κ3) is 73.0. The van der Waals surface area contributed by atoms with E-state index in [2.05, 4.69) is 135 Å². The number of carboxylic acid groups (broad SMARTS) is 1. The Hall–Kier alpha value is -4.31. The second-order valence-corrected chi connectivity index (χ2v) is 26.2. The number of unbranched alkanes of at least 4 members (excludes halogenated alkanes) is 34. The molecule has 0 radical (unpaired) electrons. The van der Waals surface area contributed by atoms with E-state index in [0.717, 1.165) is 103 Å². The van der Waals surface area contributed by atoms with Crippen molar-refractivity contribution in [1.82, 2.24) is 0 Å². The largest absolute Gasteiger partial charge is 0.477 e. The molecule has 0 saturated heterocycles. The fourth-order valence-corrected chi connectivity index (χ4v) is 10.5. The summed E-state index contributed by atoms with van der Waals surface area (Å²) >= 11 is 0. The van der Waals surface area contributed by atoms with Crippen LogP contribution in [-0.2, 0) is 33.3 Å². The van der Waals surface area contributed by atoms with E-state index in [4.69, 9.17) is 18.9 Å². The molecule has 0 bridgehead atoms. The Balaban J connectivity index is 4.13. The molecule has 9 heteroatoms. The number of nitrogens with zero attached hydrogens (tertiary/aromatic N) is 1. The molecule has 0 aliphatic carbocycles. The predicted molar refractivity (Wildman–Crippen MR) is 391 cm³/mol. The average molecular weight is 1270 g/mol. The summed E-state index contributed by atoms with van der Waals surface area (Å²) in [6.07, 6.45) is 99.0. The highest BCUT2D eigenvalue weighted by molar-refractivity contribution is 5.71. The van der Waals surface area contributed by atoms with E-state index >= 15 is 0 Å². The highest BCUT2D eigenvalue weighted by atomic mass is 16.7. The van der Waals surface area contributed by atoms with Crippen LogP contribution >= 0.6 is 0 Å². The molecule has 0 spiro atoms. The minimum atomic E-state index is -1.52. The van der Waals surface area contributed by atoms with Gasteiger partial charge in [0, 0.05) is 12.8 Å². The van der Waals surface area contributed by atoms with Crippen LogP contribution in [-0.4, -0.2) is 87.4 Å². The zero-order valence-corrected chi connectivity index (χ0v) is 59.7. The zero-order chi connectivity index (χ0) is 66.1. The van der Waals surface area contributed by atoms with Crippen LogP contribution in [0.5, 0.6) is 0 Å². The Morgan fingerprint density at radius 1 is 0.341 bits per heavy atom. The van der Waals surface area contributed by atoms with Crippen LogP contribution in [0.3, 0.4) is 0 Å². The van der Waals surface area contributed by atoms with Crippen LogP contribution in [0, 0.1) is 0 Å². The first-order valence-corrected chi connectivity index (χ1v) is 37.7. The summed E-state index contributed by atoms with van der Waals surface area (Å²) in [5, 5.41) is 9.76. The fraction of sp³-hybridized carbons (Fsp3) is 0.720. The molecule has 9 nitrogen and oxygen atoms in total. The fourth-order valence-electron chi connectivity index (χ4n) is 10.5. The lowest BCUT2D eigenvalue weighted by Crippen LogP contribution is -2.40. The molecule has 0 aliphatic heterocycles. The molecular formula is C82H142NO8+. The number of carbonyl (C=O) groups is 3. The molecule has 2 atom stereocenters. The number of quaternary nitrogens is 1. The quantitative estimate of drug-likeness (QED) is 0.0211. The van der Waals surface area contributed by atoms with Crippen molar-refractivity contribution in [2.75, 3.05) is 47.5 Å². The SMILES string of the molecule is CC/C=C\C/C=C\C/C=C\C/C=C\C/C=C\C/C=C\C/C=C\C/C=C\C/C=C\CCCCCCCCCC(=O)OC(COC(=O)CCCCCCCCCCCCCCCCCCCCC/C=C\CCCCCCCCCC)COC(OCC[N+](C)(C)C)C(=O)O. The second kappa shape index (κ2) is 71.5. The number of rotatable bonds is 69. The van der Waals surface area contributed by atoms with Crippen molar-refractivity contribution in [3.63, 3.8) is 0 Å². The maximum atomic E-state index is 13.0. The van der Waals surface area contributed by atoms with E-state index in [0.29, 0.717) is 23.9 Å². The van der Waals surface area contributed by atoms with Gasteiger partial charge < -0.3 is 28.5 Å². The summed E-state index contributed by atoms with van der Waals surface area (Å²) in [5.74, 6) is -2.02. The molecule has 0 aromatic heterocycles. The van der Waals surface area contributed by atoms with Crippen LogP contribution in [0.1, 0.15) is 322 Å². The Morgan fingerprint density at radius 2 is 0.626 bits per heavy atom.